The second kappa shape index (κ2) is 26.0. The molecule has 4 atom stereocenters. The van der Waals surface area contributed by atoms with Crippen LogP contribution in [0.5, 0.6) is 11.5 Å². The lowest BCUT2D eigenvalue weighted by Crippen LogP contribution is -2.55. The molecule has 18 nitrogen and oxygen atoms in total. The molecule has 0 aliphatic heterocycles. The molecule has 4 rings (SSSR count). The summed E-state index contributed by atoms with van der Waals surface area (Å²) >= 11 is 0. The number of hydrogen-bond acceptors (Lipinski definition) is 14. The number of alkyl carbamates (subject to hydrolysis) is 1. The Balaban J connectivity index is 0.000000416. The fourth-order valence-corrected chi connectivity index (χ4v) is 7.11. The van der Waals surface area contributed by atoms with Crippen molar-refractivity contribution in [2.24, 2.45) is 5.73 Å². The molecule has 4 N–H and O–H groups in total. The molecule has 2 aromatic rings. The molecule has 2 fully saturated rings. The SMILES string of the molecule is COc1ccccc1CC(C)N(C)C(=O)OC(C)OC(=O)C1(N)CCCC1.COc1ccccc1CC(C)N(C)C(=O)OC(C)OC(=O)C1(NC(=O)OC(C)(C)C)CCCC1.O=C(O)C(F)(F)F. The summed E-state index contributed by atoms with van der Waals surface area (Å²) in [6.45, 7) is 12.1. The Labute approximate surface area is 396 Å². The number of carboxylic acids is 1. The van der Waals surface area contributed by atoms with Crippen molar-refractivity contribution in [3.63, 3.8) is 0 Å². The van der Waals surface area contributed by atoms with Crippen LogP contribution in [0.3, 0.4) is 0 Å². The molecule has 0 aromatic heterocycles. The predicted octanol–water partition coefficient (Wildman–Crippen LogP) is 7.91. The highest BCUT2D eigenvalue weighted by atomic mass is 19.4. The van der Waals surface area contributed by atoms with E-state index in [2.05, 4.69) is 5.32 Å². The Bertz CT molecular complexity index is 1980. The fraction of sp³-hybridized carbons (Fsp3) is 0.617. The zero-order chi connectivity index (χ0) is 51.6. The molecule has 2 saturated carbocycles. The van der Waals surface area contributed by atoms with E-state index in [1.165, 1.54) is 23.6 Å². The lowest BCUT2D eigenvalue weighted by molar-refractivity contribution is -0.192. The van der Waals surface area contributed by atoms with Gasteiger partial charge in [0, 0.05) is 40.0 Å². The van der Waals surface area contributed by atoms with Crippen molar-refractivity contribution in [3.8, 4) is 11.5 Å². The monoisotopic (exact) mass is 970 g/mol. The minimum Gasteiger partial charge on any atom is -0.496 e. The van der Waals surface area contributed by atoms with Gasteiger partial charge in [-0.25, -0.2) is 28.8 Å². The number of methoxy groups -OCH3 is 2. The van der Waals surface area contributed by atoms with Crippen LogP contribution in [-0.2, 0) is 50.9 Å². The Morgan fingerprint density at radius 3 is 1.41 bits per heavy atom. The van der Waals surface area contributed by atoms with E-state index in [1.54, 1.807) is 49.1 Å². The first kappa shape index (κ1) is 58.1. The number of esters is 2. The van der Waals surface area contributed by atoms with Gasteiger partial charge in [0.1, 0.15) is 28.2 Å². The number of nitrogens with one attached hydrogen (secondary N) is 1. The second-order valence-corrected chi connectivity index (χ2v) is 17.7. The van der Waals surface area contributed by atoms with Crippen LogP contribution in [-0.4, -0.2) is 127 Å². The zero-order valence-corrected chi connectivity index (χ0v) is 40.9. The van der Waals surface area contributed by atoms with Crippen LogP contribution in [0.25, 0.3) is 0 Å². The first-order valence-electron chi connectivity index (χ1n) is 22.2. The highest BCUT2D eigenvalue weighted by molar-refractivity contribution is 5.86. The molecule has 0 radical (unpaired) electrons. The maximum atomic E-state index is 13.0. The number of amides is 3. The normalized spacial score (nSPS) is 16.5. The number of aliphatic carboxylic acids is 1. The molecular formula is C47H69F3N4O14. The fourth-order valence-electron chi connectivity index (χ4n) is 7.11. The van der Waals surface area contributed by atoms with Crippen molar-refractivity contribution in [2.45, 2.75) is 160 Å². The molecule has 0 saturated heterocycles. The number of nitrogens with two attached hydrogens (primary N) is 1. The number of carbonyl (C=O) groups is 6. The summed E-state index contributed by atoms with van der Waals surface area (Å²) in [6.07, 6.45) is -2.49. The third-order valence-electron chi connectivity index (χ3n) is 11.1. The molecule has 21 heteroatoms. The standard InChI is InChI=1S/C25H38N2O7.C20H30N2O5.C2HF3O2/c1-17(16-19-12-8-9-13-20(19)31-7)27(6)23(30)33-18(2)32-21(28)25(14-10-11-15-25)26-22(29)34-24(3,4)5;1-14(13-16-9-5-6-10-17(16)25-4)22(3)19(24)27-15(2)26-18(23)20(21)11-7-8-12-20;3-2(4,5)1(6)7/h8-9,12-13,17-18H,10-11,14-16H2,1-7H3,(H,26,29);5-6,9-10,14-15H,7-8,11-13,21H2,1-4H3;(H,6,7). The van der Waals surface area contributed by atoms with E-state index in [0.29, 0.717) is 38.5 Å². The van der Waals surface area contributed by atoms with Crippen molar-refractivity contribution in [3.05, 3.63) is 59.7 Å². The summed E-state index contributed by atoms with van der Waals surface area (Å²) in [6, 6.07) is 14.9. The molecule has 3 amide bonds. The molecule has 68 heavy (non-hydrogen) atoms. The number of likely N-dealkylation sites (N-methyl/N-ethyl adjacent to an activating group) is 2. The number of halogens is 3. The molecule has 2 aliphatic carbocycles. The average Bonchev–Trinajstić information content (AvgIpc) is 3.93. The molecule has 0 spiro atoms. The number of benzene rings is 2. The molecule has 4 unspecified atom stereocenters. The summed E-state index contributed by atoms with van der Waals surface area (Å²) in [4.78, 5) is 74.3. The number of hydrogen-bond donors (Lipinski definition) is 3. The van der Waals surface area contributed by atoms with E-state index < -0.39 is 71.6 Å². The molecule has 382 valence electrons. The summed E-state index contributed by atoms with van der Waals surface area (Å²) in [5.74, 6) is -2.38. The minimum absolute atomic E-state index is 0.132. The number of ether oxygens (including phenoxy) is 7. The van der Waals surface area contributed by atoms with Crippen molar-refractivity contribution >= 4 is 36.2 Å². The van der Waals surface area contributed by atoms with Gasteiger partial charge in [-0.15, -0.1) is 0 Å². The Morgan fingerprint density at radius 1 is 0.676 bits per heavy atom. The van der Waals surface area contributed by atoms with Crippen LogP contribution in [0.1, 0.15) is 111 Å². The largest absolute Gasteiger partial charge is 0.496 e. The number of rotatable bonds is 15. The minimum atomic E-state index is -5.08. The molecular weight excluding hydrogens is 902 g/mol. The summed E-state index contributed by atoms with van der Waals surface area (Å²) < 4.78 is 69.1. The van der Waals surface area contributed by atoms with Crippen LogP contribution in [0.15, 0.2) is 48.5 Å². The van der Waals surface area contributed by atoms with E-state index in [-0.39, 0.29) is 12.1 Å². The summed E-state index contributed by atoms with van der Waals surface area (Å²) in [5, 5.41) is 9.81. The quantitative estimate of drug-likeness (QED) is 0.0874. The van der Waals surface area contributed by atoms with E-state index >= 15 is 0 Å². The summed E-state index contributed by atoms with van der Waals surface area (Å²) in [5.41, 5.74) is 5.19. The van der Waals surface area contributed by atoms with Gasteiger partial charge in [0.2, 0.25) is 12.6 Å². The van der Waals surface area contributed by atoms with Crippen LogP contribution in [0.2, 0.25) is 0 Å². The van der Waals surface area contributed by atoms with E-state index in [4.69, 9.17) is 48.8 Å². The van der Waals surface area contributed by atoms with Crippen LogP contribution >= 0.6 is 0 Å². The van der Waals surface area contributed by atoms with Crippen LogP contribution < -0.4 is 20.5 Å². The average molecular weight is 971 g/mol. The van der Waals surface area contributed by atoms with Gasteiger partial charge in [0.25, 0.3) is 0 Å². The number of carbonyl (C=O) groups excluding carboxylic acids is 5. The van der Waals surface area contributed by atoms with Gasteiger partial charge in [0.05, 0.1) is 14.2 Å². The highest BCUT2D eigenvalue weighted by Gasteiger charge is 2.46. The van der Waals surface area contributed by atoms with E-state index in [9.17, 15) is 37.1 Å². The number of nitrogens with zero attached hydrogens (tertiary/aromatic N) is 2. The summed E-state index contributed by atoms with van der Waals surface area (Å²) in [7, 11) is 6.50. The second-order valence-electron chi connectivity index (χ2n) is 17.7. The van der Waals surface area contributed by atoms with E-state index in [0.717, 1.165) is 48.3 Å². The third kappa shape index (κ3) is 18.6. The lowest BCUT2D eigenvalue weighted by Gasteiger charge is -2.31. The topological polar surface area (TPSA) is 232 Å². The van der Waals surface area contributed by atoms with Crippen LogP contribution in [0, 0.1) is 0 Å². The smallest absolute Gasteiger partial charge is 0.490 e. The Morgan fingerprint density at radius 2 is 1.04 bits per heavy atom. The number of alkyl halides is 3. The van der Waals surface area contributed by atoms with Crippen molar-refractivity contribution < 1.29 is 80.2 Å². The molecule has 0 heterocycles. The van der Waals surface area contributed by atoms with Crippen molar-refractivity contribution in [2.75, 3.05) is 28.3 Å². The lowest BCUT2D eigenvalue weighted by atomic mass is 9.98. The van der Waals surface area contributed by atoms with Gasteiger partial charge in [-0.05, 0) is 96.4 Å². The molecule has 2 aromatic carbocycles. The van der Waals surface area contributed by atoms with Crippen molar-refractivity contribution in [1.82, 2.24) is 15.1 Å². The first-order chi connectivity index (χ1) is 31.6. The van der Waals surface area contributed by atoms with Gasteiger partial charge < -0.3 is 59.1 Å². The third-order valence-corrected chi connectivity index (χ3v) is 11.1. The van der Waals surface area contributed by atoms with Gasteiger partial charge in [-0.2, -0.15) is 13.2 Å². The van der Waals surface area contributed by atoms with Gasteiger partial charge in [0.15, 0.2) is 0 Å². The Hall–Kier alpha value is -5.99. The first-order valence-corrected chi connectivity index (χ1v) is 22.2. The van der Waals surface area contributed by atoms with Crippen LogP contribution in [0.4, 0.5) is 27.6 Å². The highest BCUT2D eigenvalue weighted by Crippen LogP contribution is 2.32. The van der Waals surface area contributed by atoms with Gasteiger partial charge in [-0.1, -0.05) is 62.1 Å². The number of carboxylic acid groups (broad SMARTS) is 1. The predicted molar refractivity (Wildman–Crippen MR) is 242 cm³/mol. The van der Waals surface area contributed by atoms with E-state index in [1.807, 2.05) is 62.4 Å². The van der Waals surface area contributed by atoms with Gasteiger partial charge in [-0.3, -0.25) is 0 Å². The van der Waals surface area contributed by atoms with Crippen molar-refractivity contribution in [1.29, 1.82) is 0 Å². The molecule has 0 bridgehead atoms. The van der Waals surface area contributed by atoms with Gasteiger partial charge >= 0.3 is 42.4 Å². The maximum absolute atomic E-state index is 13.0. The number of para-hydroxylation sites is 2. The zero-order valence-electron chi connectivity index (χ0n) is 40.9. The Kier molecular flexibility index (Phi) is 22.2. The molecule has 2 aliphatic rings. The maximum Gasteiger partial charge on any atom is 0.490 e.